The van der Waals surface area contributed by atoms with Crippen LogP contribution in [0.25, 0.3) is 22.0 Å². The van der Waals surface area contributed by atoms with E-state index in [1.165, 1.54) is 0 Å². The summed E-state index contributed by atoms with van der Waals surface area (Å²) in [6.07, 6.45) is 0.403. The highest BCUT2D eigenvalue weighted by Gasteiger charge is 2.32. The molecule has 4 aromatic carbocycles. The Kier molecular flexibility index (Phi) is 7.14. The Morgan fingerprint density at radius 2 is 1.51 bits per heavy atom. The van der Waals surface area contributed by atoms with Gasteiger partial charge in [0.15, 0.2) is 0 Å². The third-order valence-electron chi connectivity index (χ3n) is 6.63. The van der Waals surface area contributed by atoms with Gasteiger partial charge in [-0.3, -0.25) is 4.79 Å². The smallest absolute Gasteiger partial charge is 0.309 e. The van der Waals surface area contributed by atoms with E-state index in [1.807, 2.05) is 60.7 Å². The van der Waals surface area contributed by atoms with Crippen LogP contribution in [0.3, 0.4) is 0 Å². The number of hydrogen-bond donors (Lipinski definition) is 1. The molecule has 0 aliphatic rings. The second-order valence-corrected chi connectivity index (χ2v) is 11.4. The molecular weight excluding hydrogens is 498 g/mol. The summed E-state index contributed by atoms with van der Waals surface area (Å²) >= 11 is 7.86. The van der Waals surface area contributed by atoms with E-state index in [9.17, 15) is 9.90 Å². The fraction of sp³-hybridized carbons (Fsp3) is 0.156. The van der Waals surface area contributed by atoms with Crippen molar-refractivity contribution in [2.75, 3.05) is 0 Å². The predicted molar refractivity (Wildman–Crippen MR) is 154 cm³/mol. The highest BCUT2D eigenvalue weighted by Crippen LogP contribution is 2.42. The summed E-state index contributed by atoms with van der Waals surface area (Å²) in [7, 11) is 0. The molecule has 0 saturated heterocycles. The molecule has 0 unspecified atom stereocenters. The molecule has 0 bridgehead atoms. The Morgan fingerprint density at radius 1 is 0.865 bits per heavy atom. The fourth-order valence-electron chi connectivity index (χ4n) is 4.53. The quantitative estimate of drug-likeness (QED) is 0.220. The maximum atomic E-state index is 12.2. The average Bonchev–Trinajstić information content (AvgIpc) is 3.17. The molecule has 0 amide bonds. The zero-order valence-electron chi connectivity index (χ0n) is 20.8. The second-order valence-electron chi connectivity index (χ2n) is 9.87. The van der Waals surface area contributed by atoms with E-state index in [0.29, 0.717) is 18.0 Å². The van der Waals surface area contributed by atoms with Crippen molar-refractivity contribution in [3.63, 3.8) is 0 Å². The molecule has 0 aliphatic carbocycles. The molecule has 5 aromatic rings. The van der Waals surface area contributed by atoms with Gasteiger partial charge in [0.2, 0.25) is 0 Å². The molecule has 0 fully saturated rings. The van der Waals surface area contributed by atoms with Crippen LogP contribution < -0.4 is 0 Å². The molecule has 0 saturated carbocycles. The average molecular weight is 526 g/mol. The monoisotopic (exact) mass is 525 g/mol. The van der Waals surface area contributed by atoms with E-state index < -0.39 is 11.4 Å². The van der Waals surface area contributed by atoms with Crippen LogP contribution in [0.15, 0.2) is 113 Å². The summed E-state index contributed by atoms with van der Waals surface area (Å²) < 4.78 is 2.28. The topological polar surface area (TPSA) is 42.2 Å². The van der Waals surface area contributed by atoms with Gasteiger partial charge in [-0.05, 0) is 66.9 Å². The van der Waals surface area contributed by atoms with Crippen molar-refractivity contribution in [2.45, 2.75) is 36.6 Å². The Labute approximate surface area is 226 Å². The van der Waals surface area contributed by atoms with Crippen molar-refractivity contribution in [3.8, 4) is 11.1 Å². The third kappa shape index (κ3) is 5.46. The second kappa shape index (κ2) is 10.5. The lowest BCUT2D eigenvalue weighted by molar-refractivity contribution is -0.146. The highest BCUT2D eigenvalue weighted by molar-refractivity contribution is 7.99. The number of nitrogens with zero attached hydrogens (tertiary/aromatic N) is 1. The van der Waals surface area contributed by atoms with Crippen LogP contribution in [-0.2, 0) is 17.8 Å². The first kappa shape index (κ1) is 25.2. The number of hydrogen-bond acceptors (Lipinski definition) is 2. The third-order valence-corrected chi connectivity index (χ3v) is 8.05. The lowest BCUT2D eigenvalue weighted by atomic mass is 9.88. The van der Waals surface area contributed by atoms with Gasteiger partial charge >= 0.3 is 5.97 Å². The Bertz CT molecular complexity index is 1540. The molecule has 5 heteroatoms. The highest BCUT2D eigenvalue weighted by atomic mass is 35.5. The van der Waals surface area contributed by atoms with Gasteiger partial charge in [0.25, 0.3) is 0 Å². The van der Waals surface area contributed by atoms with Gasteiger partial charge < -0.3 is 9.67 Å². The van der Waals surface area contributed by atoms with Crippen LogP contribution in [0.4, 0.5) is 0 Å². The van der Waals surface area contributed by atoms with Gasteiger partial charge in [0.05, 0.1) is 5.41 Å². The largest absolute Gasteiger partial charge is 0.481 e. The van der Waals surface area contributed by atoms with E-state index in [-0.39, 0.29) is 0 Å². The minimum absolute atomic E-state index is 0.403. The maximum absolute atomic E-state index is 12.2. The van der Waals surface area contributed by atoms with Gasteiger partial charge in [0, 0.05) is 44.4 Å². The van der Waals surface area contributed by atoms with E-state index in [2.05, 4.69) is 47.0 Å². The number of halogens is 1. The molecule has 1 aromatic heterocycles. The minimum Gasteiger partial charge on any atom is -0.481 e. The molecule has 0 radical (unpaired) electrons. The SMILES string of the molecule is CC(C)(Cc1c(Sc2ccccc2)c2cc(-c3ccccc3)ccc2n1Cc1ccc(Cl)cc1)C(=O)O. The van der Waals surface area contributed by atoms with Gasteiger partial charge in [0.1, 0.15) is 0 Å². The van der Waals surface area contributed by atoms with E-state index in [4.69, 9.17) is 11.6 Å². The molecule has 0 spiro atoms. The Morgan fingerprint density at radius 3 is 2.16 bits per heavy atom. The first-order chi connectivity index (χ1) is 17.8. The standard InChI is InChI=1S/C32H28ClNO2S/c1-32(2,31(35)36)20-29-30(37-26-11-7-4-8-12-26)27-19-24(23-9-5-3-6-10-23)15-18-28(27)34(29)21-22-13-16-25(33)17-14-22/h3-19H,20-21H2,1-2H3,(H,35,36). The summed E-state index contributed by atoms with van der Waals surface area (Å²) in [5.74, 6) is -0.809. The molecule has 1 N–H and O–H groups in total. The van der Waals surface area contributed by atoms with Crippen LogP contribution in [0.1, 0.15) is 25.1 Å². The molecule has 0 aliphatic heterocycles. The van der Waals surface area contributed by atoms with Gasteiger partial charge in [-0.2, -0.15) is 0 Å². The molecule has 3 nitrogen and oxygen atoms in total. The van der Waals surface area contributed by atoms with Crippen LogP contribution in [-0.4, -0.2) is 15.6 Å². The number of carbonyl (C=O) groups is 1. The molecule has 1 heterocycles. The van der Waals surface area contributed by atoms with Crippen molar-refractivity contribution < 1.29 is 9.90 Å². The van der Waals surface area contributed by atoms with Crippen molar-refractivity contribution in [3.05, 3.63) is 119 Å². The van der Waals surface area contributed by atoms with Crippen LogP contribution in [0, 0.1) is 5.41 Å². The lowest BCUT2D eigenvalue weighted by Gasteiger charge is -2.22. The number of carboxylic acids is 1. The molecule has 5 rings (SSSR count). The lowest BCUT2D eigenvalue weighted by Crippen LogP contribution is -2.27. The van der Waals surface area contributed by atoms with Gasteiger partial charge in [-0.25, -0.2) is 0 Å². The minimum atomic E-state index is -0.930. The molecule has 37 heavy (non-hydrogen) atoms. The van der Waals surface area contributed by atoms with E-state index in [1.54, 1.807) is 25.6 Å². The van der Waals surface area contributed by atoms with E-state index >= 15 is 0 Å². The zero-order chi connectivity index (χ0) is 26.0. The first-order valence-electron chi connectivity index (χ1n) is 12.2. The summed E-state index contributed by atoms with van der Waals surface area (Å²) in [6.45, 7) is 4.22. The number of fused-ring (bicyclic) bond motifs is 1. The number of carboxylic acid groups (broad SMARTS) is 1. The van der Waals surface area contributed by atoms with Crippen LogP contribution in [0.2, 0.25) is 5.02 Å². The van der Waals surface area contributed by atoms with Crippen LogP contribution in [0.5, 0.6) is 0 Å². The Hall–Kier alpha value is -3.47. The van der Waals surface area contributed by atoms with Crippen molar-refractivity contribution >= 4 is 40.2 Å². The normalized spacial score (nSPS) is 11.6. The van der Waals surface area contributed by atoms with Gasteiger partial charge in [-0.15, -0.1) is 0 Å². The molecule has 186 valence electrons. The van der Waals surface area contributed by atoms with Crippen molar-refractivity contribution in [2.24, 2.45) is 5.41 Å². The molecule has 0 atom stereocenters. The first-order valence-corrected chi connectivity index (χ1v) is 13.4. The number of benzene rings is 4. The van der Waals surface area contributed by atoms with Crippen LogP contribution >= 0.6 is 23.4 Å². The van der Waals surface area contributed by atoms with Crippen molar-refractivity contribution in [1.29, 1.82) is 0 Å². The Balaban J connectivity index is 1.75. The number of aromatic nitrogens is 1. The summed E-state index contributed by atoms with van der Waals surface area (Å²) in [6, 6.07) is 35.0. The summed E-state index contributed by atoms with van der Waals surface area (Å²) in [4.78, 5) is 14.4. The summed E-state index contributed by atoms with van der Waals surface area (Å²) in [5, 5.41) is 11.9. The van der Waals surface area contributed by atoms with E-state index in [0.717, 1.165) is 43.1 Å². The predicted octanol–water partition coefficient (Wildman–Crippen LogP) is 8.81. The maximum Gasteiger partial charge on any atom is 0.309 e. The number of rotatable bonds is 8. The van der Waals surface area contributed by atoms with Crippen molar-refractivity contribution in [1.82, 2.24) is 4.57 Å². The number of aliphatic carboxylic acids is 1. The molecular formula is C32H28ClNO2S. The summed E-state index contributed by atoms with van der Waals surface area (Å²) in [5.41, 5.74) is 4.58. The zero-order valence-corrected chi connectivity index (χ0v) is 22.4. The van der Waals surface area contributed by atoms with Gasteiger partial charge in [-0.1, -0.05) is 90.1 Å². The fourth-order valence-corrected chi connectivity index (χ4v) is 5.76.